The molecule has 0 bridgehead atoms. The van der Waals surface area contributed by atoms with Gasteiger partial charge in [0.2, 0.25) is 15.9 Å². The fraction of sp³-hybridized carbons (Fsp3) is 0.310. The zero-order valence-corrected chi connectivity index (χ0v) is 22.6. The van der Waals surface area contributed by atoms with Gasteiger partial charge in [-0.2, -0.15) is 4.31 Å². The average molecular weight is 550 g/mol. The number of rotatable bonds is 8. The van der Waals surface area contributed by atoms with E-state index in [9.17, 15) is 18.0 Å². The highest BCUT2D eigenvalue weighted by Crippen LogP contribution is 2.32. The number of ether oxygens (including phenoxy) is 2. The SMILES string of the molecule is COc1ccc(C(=O)N2CCc3ccc(NC(=O)CCc4ccc(S(=O)(=O)N5CCOCC5)cc4)cc32)cc1. The molecule has 1 fully saturated rings. The van der Waals surface area contributed by atoms with E-state index in [1.165, 1.54) is 4.31 Å². The molecule has 204 valence electrons. The number of nitrogens with one attached hydrogen (secondary N) is 1. The van der Waals surface area contributed by atoms with Gasteiger partial charge in [-0.3, -0.25) is 9.59 Å². The van der Waals surface area contributed by atoms with Crippen LogP contribution < -0.4 is 15.0 Å². The van der Waals surface area contributed by atoms with Crippen LogP contribution in [0, 0.1) is 0 Å². The maximum Gasteiger partial charge on any atom is 0.258 e. The van der Waals surface area contributed by atoms with E-state index in [1.54, 1.807) is 60.5 Å². The first-order valence-electron chi connectivity index (χ1n) is 12.9. The van der Waals surface area contributed by atoms with E-state index >= 15 is 0 Å². The number of benzene rings is 3. The number of hydrogen-bond acceptors (Lipinski definition) is 6. The number of sulfonamides is 1. The molecule has 1 N–H and O–H groups in total. The third-order valence-corrected chi connectivity index (χ3v) is 8.93. The minimum absolute atomic E-state index is 0.0982. The van der Waals surface area contributed by atoms with Crippen LogP contribution in [0.4, 0.5) is 11.4 Å². The van der Waals surface area contributed by atoms with Gasteiger partial charge in [-0.05, 0) is 72.5 Å². The molecule has 0 atom stereocenters. The molecule has 2 aliphatic heterocycles. The molecule has 39 heavy (non-hydrogen) atoms. The molecule has 3 aromatic rings. The summed E-state index contributed by atoms with van der Waals surface area (Å²) in [6.07, 6.45) is 1.46. The van der Waals surface area contributed by atoms with Gasteiger partial charge in [0.1, 0.15) is 5.75 Å². The maximum atomic E-state index is 13.1. The number of methoxy groups -OCH3 is 1. The third kappa shape index (κ3) is 5.98. The Morgan fingerprint density at radius 3 is 2.36 bits per heavy atom. The molecular weight excluding hydrogens is 518 g/mol. The zero-order valence-electron chi connectivity index (χ0n) is 21.8. The number of morpholine rings is 1. The lowest BCUT2D eigenvalue weighted by Crippen LogP contribution is -2.40. The van der Waals surface area contributed by atoms with Crippen LogP contribution in [0.2, 0.25) is 0 Å². The first-order chi connectivity index (χ1) is 18.8. The van der Waals surface area contributed by atoms with E-state index in [0.717, 1.165) is 23.2 Å². The van der Waals surface area contributed by atoms with E-state index < -0.39 is 10.0 Å². The Labute approximate surface area is 228 Å². The Kier molecular flexibility index (Phi) is 7.97. The Balaban J connectivity index is 1.19. The second-order valence-corrected chi connectivity index (χ2v) is 11.4. The van der Waals surface area contributed by atoms with Crippen LogP contribution in [0.1, 0.15) is 27.9 Å². The van der Waals surface area contributed by atoms with Crippen molar-refractivity contribution in [2.75, 3.05) is 50.2 Å². The van der Waals surface area contributed by atoms with Gasteiger partial charge >= 0.3 is 0 Å². The molecular formula is C29H31N3O6S. The largest absolute Gasteiger partial charge is 0.497 e. The van der Waals surface area contributed by atoms with Crippen LogP contribution in [0.3, 0.4) is 0 Å². The molecule has 3 aromatic carbocycles. The molecule has 0 aromatic heterocycles. The highest BCUT2D eigenvalue weighted by molar-refractivity contribution is 7.89. The van der Waals surface area contributed by atoms with Gasteiger partial charge in [-0.1, -0.05) is 18.2 Å². The van der Waals surface area contributed by atoms with Crippen molar-refractivity contribution in [2.45, 2.75) is 24.2 Å². The van der Waals surface area contributed by atoms with Crippen molar-refractivity contribution >= 4 is 33.2 Å². The number of anilines is 2. The molecule has 9 nitrogen and oxygen atoms in total. The highest BCUT2D eigenvalue weighted by Gasteiger charge is 2.27. The molecule has 0 unspecified atom stereocenters. The second-order valence-electron chi connectivity index (χ2n) is 9.49. The Morgan fingerprint density at radius 2 is 1.67 bits per heavy atom. The van der Waals surface area contributed by atoms with E-state index in [0.29, 0.717) is 56.3 Å². The van der Waals surface area contributed by atoms with Gasteiger partial charge in [-0.25, -0.2) is 8.42 Å². The molecule has 1 saturated heterocycles. The van der Waals surface area contributed by atoms with E-state index in [4.69, 9.17) is 9.47 Å². The van der Waals surface area contributed by atoms with E-state index in [-0.39, 0.29) is 23.1 Å². The summed E-state index contributed by atoms with van der Waals surface area (Å²) >= 11 is 0. The number of aryl methyl sites for hydroxylation is 1. The molecule has 2 aliphatic rings. The predicted molar refractivity (Wildman–Crippen MR) is 148 cm³/mol. The fourth-order valence-electron chi connectivity index (χ4n) is 4.80. The zero-order chi connectivity index (χ0) is 27.4. The van der Waals surface area contributed by atoms with Crippen molar-refractivity contribution in [1.29, 1.82) is 0 Å². The third-order valence-electron chi connectivity index (χ3n) is 7.02. The van der Waals surface area contributed by atoms with E-state index in [1.807, 2.05) is 18.2 Å². The summed E-state index contributed by atoms with van der Waals surface area (Å²) in [6.45, 7) is 2.07. The normalized spacial score (nSPS) is 15.6. The Bertz CT molecular complexity index is 1450. The van der Waals surface area contributed by atoms with Crippen LogP contribution in [0.5, 0.6) is 5.75 Å². The van der Waals surface area contributed by atoms with Gasteiger partial charge in [-0.15, -0.1) is 0 Å². The molecule has 5 rings (SSSR count). The summed E-state index contributed by atoms with van der Waals surface area (Å²) in [5.74, 6) is 0.428. The molecule has 10 heteroatoms. The van der Waals surface area contributed by atoms with Crippen LogP contribution >= 0.6 is 0 Å². The monoisotopic (exact) mass is 549 g/mol. The number of nitrogens with zero attached hydrogens (tertiary/aromatic N) is 2. The van der Waals surface area contributed by atoms with Crippen molar-refractivity contribution in [1.82, 2.24) is 4.31 Å². The minimum atomic E-state index is -3.55. The molecule has 0 aliphatic carbocycles. The molecule has 0 radical (unpaired) electrons. The second kappa shape index (κ2) is 11.6. The number of hydrogen-bond donors (Lipinski definition) is 1. The standard InChI is InChI=1S/C29H31N3O6S/c1-37-25-9-6-23(7-10-25)29(34)32-15-14-22-5-8-24(20-27(22)32)30-28(33)13-4-21-2-11-26(12-3-21)39(35,36)31-16-18-38-19-17-31/h2-3,5-12,20H,4,13-19H2,1H3,(H,30,33). The number of carbonyl (C=O) groups is 2. The van der Waals surface area contributed by atoms with Gasteiger partial charge in [0, 0.05) is 43.0 Å². The highest BCUT2D eigenvalue weighted by atomic mass is 32.2. The van der Waals surface area contributed by atoms with Gasteiger partial charge in [0.05, 0.1) is 25.2 Å². The van der Waals surface area contributed by atoms with Crippen LogP contribution in [0.25, 0.3) is 0 Å². The summed E-state index contributed by atoms with van der Waals surface area (Å²) in [5.41, 5.74) is 3.92. The summed E-state index contributed by atoms with van der Waals surface area (Å²) in [7, 11) is -1.96. The van der Waals surface area contributed by atoms with Crippen molar-refractivity contribution in [3.63, 3.8) is 0 Å². The van der Waals surface area contributed by atoms with Gasteiger partial charge in [0.25, 0.3) is 5.91 Å². The number of carbonyl (C=O) groups excluding carboxylic acids is 2. The average Bonchev–Trinajstić information content (AvgIpc) is 3.40. The van der Waals surface area contributed by atoms with Gasteiger partial charge < -0.3 is 19.7 Å². The topological polar surface area (TPSA) is 105 Å². The molecule has 0 saturated carbocycles. The van der Waals surface area contributed by atoms with Crippen molar-refractivity contribution in [2.24, 2.45) is 0 Å². The smallest absolute Gasteiger partial charge is 0.258 e. The lowest BCUT2D eigenvalue weighted by molar-refractivity contribution is -0.116. The quantitative estimate of drug-likeness (QED) is 0.461. The van der Waals surface area contributed by atoms with Crippen LogP contribution in [-0.2, 0) is 32.4 Å². The van der Waals surface area contributed by atoms with Crippen LogP contribution in [-0.4, -0.2) is 64.5 Å². The summed E-state index contributed by atoms with van der Waals surface area (Å²) < 4.78 is 37.4. The summed E-state index contributed by atoms with van der Waals surface area (Å²) in [6, 6.07) is 19.3. The summed E-state index contributed by atoms with van der Waals surface area (Å²) in [5, 5.41) is 2.93. The lowest BCUT2D eigenvalue weighted by Gasteiger charge is -2.26. The van der Waals surface area contributed by atoms with Crippen molar-refractivity contribution < 1.29 is 27.5 Å². The van der Waals surface area contributed by atoms with Crippen molar-refractivity contribution in [3.05, 3.63) is 83.4 Å². The maximum absolute atomic E-state index is 13.1. The molecule has 2 heterocycles. The Morgan fingerprint density at radius 1 is 0.949 bits per heavy atom. The summed E-state index contributed by atoms with van der Waals surface area (Å²) in [4.78, 5) is 27.8. The Hall–Kier alpha value is -3.73. The first-order valence-corrected chi connectivity index (χ1v) is 14.3. The lowest BCUT2D eigenvalue weighted by atomic mass is 10.1. The molecule has 2 amide bonds. The predicted octanol–water partition coefficient (Wildman–Crippen LogP) is 3.49. The van der Waals surface area contributed by atoms with E-state index in [2.05, 4.69) is 5.32 Å². The minimum Gasteiger partial charge on any atom is -0.497 e. The van der Waals surface area contributed by atoms with Crippen LogP contribution in [0.15, 0.2) is 71.6 Å². The first kappa shape index (κ1) is 26.9. The number of amides is 2. The molecule has 0 spiro atoms. The number of fused-ring (bicyclic) bond motifs is 1. The van der Waals surface area contributed by atoms with Gasteiger partial charge in [0.15, 0.2) is 0 Å². The van der Waals surface area contributed by atoms with Crippen molar-refractivity contribution in [3.8, 4) is 5.75 Å². The fourth-order valence-corrected chi connectivity index (χ4v) is 6.21.